The van der Waals surface area contributed by atoms with Gasteiger partial charge in [0.25, 0.3) is 6.71 Å². The van der Waals surface area contributed by atoms with Crippen LogP contribution in [0.1, 0.15) is 184 Å². The fraction of sp³-hybridized carbons (Fsp3) is 0.226. The van der Waals surface area contributed by atoms with E-state index in [-0.39, 0.29) is 39.2 Å². The minimum Gasteiger partial charge on any atom is -0.456 e. The smallest absolute Gasteiger partial charge is 0.252 e. The first-order valence-corrected chi connectivity index (χ1v) is 46.9. The molecule has 3 aromatic heterocycles. The minimum atomic E-state index is -0.419. The molecule has 3 aliphatic rings. The molecule has 16 aromatic carbocycles. The third kappa shape index (κ3) is 13.5. The van der Waals surface area contributed by atoms with Gasteiger partial charge in [0.1, 0.15) is 11.2 Å². The third-order valence-electron chi connectivity index (χ3n) is 28.7. The average molecular weight is 1690 g/mol. The molecular formula is C124H115BN4O. The van der Waals surface area contributed by atoms with Crippen LogP contribution in [0, 0.1) is 0 Å². The lowest BCUT2D eigenvalue weighted by atomic mass is 9.33. The summed E-state index contributed by atoms with van der Waals surface area (Å²) in [6.07, 6.45) is 0. The standard InChI is InChI=1S/C124H115BN4O/c1-118(2,3)84-43-49-93-94-50-44-85(119(4,5)6)67-106(94)126(105(93)66-84)91-47-53-103-109(72-91)128-111-70-90(124(19,20)21)71-112-115(111)125(103)104-54-48-92(127-107-68-86(120(7,8)9)45-51-95(107)96-52-46-87(69-108(96)127)121(10,11)12)73-110(104)129(112)117-99(81-38-28-35-76(57-81)74-31-24-22-25-32-74)64-89(123(16,17)18)65-100(117)83-40-30-37-78(59-83)80-42-56-114-102(61-80)101-60-79(41-55-113(101)130-114)77-36-29-39-82(58-77)98-63-88(122(13,14)15)62-97(116(98)128)75-33-26-23-27-34-75/h22-73H,1-21H3. The van der Waals surface area contributed by atoms with Crippen LogP contribution in [0.4, 0.5) is 34.1 Å². The van der Waals surface area contributed by atoms with Gasteiger partial charge in [-0.25, -0.2) is 0 Å². The number of nitrogens with zero attached hydrogens (tertiary/aromatic N) is 4. The average Bonchev–Trinajstić information content (AvgIpc) is 0.695. The van der Waals surface area contributed by atoms with Crippen molar-refractivity contribution in [3.8, 4) is 89.3 Å². The van der Waals surface area contributed by atoms with E-state index in [1.165, 1.54) is 105 Å². The molecule has 0 saturated carbocycles. The monoisotopic (exact) mass is 1690 g/mol. The van der Waals surface area contributed by atoms with E-state index in [0.717, 1.165) is 140 Å². The van der Waals surface area contributed by atoms with Crippen molar-refractivity contribution < 1.29 is 4.42 Å². The maximum Gasteiger partial charge on any atom is 0.252 e. The van der Waals surface area contributed by atoms with Crippen molar-refractivity contribution in [3.05, 3.63) is 354 Å². The van der Waals surface area contributed by atoms with Crippen molar-refractivity contribution in [2.24, 2.45) is 0 Å². The molecular weight excluding hydrogens is 1570 g/mol. The van der Waals surface area contributed by atoms with Crippen LogP contribution >= 0.6 is 0 Å². The van der Waals surface area contributed by atoms with E-state index in [9.17, 15) is 0 Å². The molecule has 6 heteroatoms. The zero-order valence-electron chi connectivity index (χ0n) is 79.3. The summed E-state index contributed by atoms with van der Waals surface area (Å²) in [5.74, 6) is 0. The second kappa shape index (κ2) is 29.0. The summed E-state index contributed by atoms with van der Waals surface area (Å²) in [5.41, 5.74) is 42.1. The van der Waals surface area contributed by atoms with E-state index in [4.69, 9.17) is 4.42 Å². The fourth-order valence-corrected chi connectivity index (χ4v) is 21.1. The number of fused-ring (bicyclic) bond motifs is 26. The molecule has 6 heterocycles. The van der Waals surface area contributed by atoms with Gasteiger partial charge in [-0.1, -0.05) is 333 Å². The summed E-state index contributed by atoms with van der Waals surface area (Å²) in [4.78, 5) is 5.60. The zero-order chi connectivity index (χ0) is 90.3. The molecule has 0 fully saturated rings. The molecule has 640 valence electrons. The number of rotatable bonds is 5. The Hall–Kier alpha value is -13.4. The molecule has 0 atom stereocenters. The van der Waals surface area contributed by atoms with Crippen LogP contribution < -0.4 is 26.2 Å². The highest BCUT2D eigenvalue weighted by molar-refractivity contribution is 7.00. The van der Waals surface area contributed by atoms with Gasteiger partial charge in [0.15, 0.2) is 0 Å². The maximum absolute atomic E-state index is 6.92. The van der Waals surface area contributed by atoms with Gasteiger partial charge in [-0.15, -0.1) is 0 Å². The SMILES string of the molecule is CC(C)(C)c1cc(-c2ccccc2)c2c(c1)-c1cccc(c1)-c1ccc3oc4ccc(cc4c3c1)-c1cccc(c1)-c1cc(C(C)(C)C)cc(-c3cccc(-c4ccccc4)c3)c1N1c3cc(-n4c5cc(C(C)(C)C)ccc5c5ccc(C(C)(C)C)cc54)ccc3B3c4ccc(-n5c6cc(C(C)(C)C)ccc6c6ccc(C(C)(C)C)cc65)cc4N2c2cc(C(C)(C)C)cc1c23. The molecule has 130 heavy (non-hydrogen) atoms. The van der Waals surface area contributed by atoms with E-state index in [1.54, 1.807) is 0 Å². The Morgan fingerprint density at radius 2 is 0.500 bits per heavy atom. The van der Waals surface area contributed by atoms with Crippen LogP contribution in [0.3, 0.4) is 0 Å². The van der Waals surface area contributed by atoms with Gasteiger partial charge >= 0.3 is 0 Å². The summed E-state index contributed by atoms with van der Waals surface area (Å²) in [5, 5.41) is 7.08. The van der Waals surface area contributed by atoms with Gasteiger partial charge in [-0.3, -0.25) is 0 Å². The lowest BCUT2D eigenvalue weighted by Crippen LogP contribution is -2.61. The molecule has 3 aliphatic heterocycles. The van der Waals surface area contributed by atoms with Crippen LogP contribution in [0.25, 0.3) is 155 Å². The lowest BCUT2D eigenvalue weighted by Gasteiger charge is -2.47. The van der Waals surface area contributed by atoms with Crippen LogP contribution in [0.5, 0.6) is 0 Å². The van der Waals surface area contributed by atoms with E-state index in [2.05, 4.69) is 480 Å². The van der Waals surface area contributed by atoms with Crippen LogP contribution in [-0.4, -0.2) is 15.8 Å². The molecule has 19 aromatic rings. The molecule has 22 rings (SSSR count). The van der Waals surface area contributed by atoms with Crippen LogP contribution in [0.15, 0.2) is 320 Å². The van der Waals surface area contributed by atoms with Crippen molar-refractivity contribution in [1.29, 1.82) is 0 Å². The largest absolute Gasteiger partial charge is 0.456 e. The molecule has 0 amide bonds. The minimum absolute atomic E-state index is 0.133. The number of aromatic nitrogens is 2. The van der Waals surface area contributed by atoms with Gasteiger partial charge in [0, 0.05) is 88.7 Å². The number of benzene rings is 16. The second-order valence-corrected chi connectivity index (χ2v) is 44.7. The Balaban J connectivity index is 0.967. The van der Waals surface area contributed by atoms with E-state index < -0.39 is 5.41 Å². The first-order chi connectivity index (χ1) is 61.8. The van der Waals surface area contributed by atoms with Crippen molar-refractivity contribution in [2.75, 3.05) is 9.80 Å². The summed E-state index contributed by atoms with van der Waals surface area (Å²) in [7, 11) is 0. The highest BCUT2D eigenvalue weighted by Crippen LogP contribution is 2.58. The first kappa shape index (κ1) is 82.3. The Kier molecular flexibility index (Phi) is 18.4. The quantitative estimate of drug-likeness (QED) is 0.161. The molecule has 0 spiro atoms. The summed E-state index contributed by atoms with van der Waals surface area (Å²) >= 11 is 0. The van der Waals surface area contributed by atoms with Crippen molar-refractivity contribution >= 4 is 123 Å². The molecule has 0 saturated heterocycles. The predicted molar refractivity (Wildman–Crippen MR) is 559 cm³/mol. The van der Waals surface area contributed by atoms with Gasteiger partial charge in [-0.05, 0) is 276 Å². The Labute approximate surface area is 767 Å². The molecule has 5 nitrogen and oxygen atoms in total. The molecule has 0 unspecified atom stereocenters. The maximum atomic E-state index is 6.92. The Morgan fingerprint density at radius 1 is 0.208 bits per heavy atom. The zero-order valence-corrected chi connectivity index (χ0v) is 79.3. The van der Waals surface area contributed by atoms with Gasteiger partial charge in [0.05, 0.1) is 33.4 Å². The van der Waals surface area contributed by atoms with Crippen LogP contribution in [-0.2, 0) is 37.9 Å². The predicted octanol–water partition coefficient (Wildman–Crippen LogP) is 32.9. The molecule has 13 bridgehead atoms. The molecule has 0 radical (unpaired) electrons. The first-order valence-electron chi connectivity index (χ1n) is 46.9. The van der Waals surface area contributed by atoms with Gasteiger partial charge in [-0.2, -0.15) is 0 Å². The second-order valence-electron chi connectivity index (χ2n) is 44.7. The summed E-state index contributed by atoms with van der Waals surface area (Å²) < 4.78 is 12.2. The lowest BCUT2D eigenvalue weighted by molar-refractivity contribution is 0.590. The molecule has 0 aliphatic carbocycles. The highest BCUT2D eigenvalue weighted by atomic mass is 16.3. The van der Waals surface area contributed by atoms with Crippen LogP contribution in [0.2, 0.25) is 0 Å². The van der Waals surface area contributed by atoms with E-state index in [1.807, 2.05) is 0 Å². The van der Waals surface area contributed by atoms with Gasteiger partial charge in [0.2, 0.25) is 0 Å². The number of hydrogen-bond donors (Lipinski definition) is 0. The topological polar surface area (TPSA) is 29.5 Å². The fourth-order valence-electron chi connectivity index (χ4n) is 21.1. The Morgan fingerprint density at radius 3 is 0.838 bits per heavy atom. The van der Waals surface area contributed by atoms with Crippen molar-refractivity contribution in [3.63, 3.8) is 0 Å². The third-order valence-corrected chi connectivity index (χ3v) is 28.7. The molecule has 0 N–H and O–H groups in total. The van der Waals surface area contributed by atoms with Gasteiger partial charge < -0.3 is 23.4 Å². The normalized spacial score (nSPS) is 13.5. The Bertz CT molecular complexity index is 7800. The number of furan rings is 1. The van der Waals surface area contributed by atoms with E-state index in [0.29, 0.717) is 0 Å². The number of hydrogen-bond acceptors (Lipinski definition) is 3. The highest BCUT2D eigenvalue weighted by Gasteiger charge is 2.47. The van der Waals surface area contributed by atoms with Crippen molar-refractivity contribution in [2.45, 2.75) is 183 Å². The summed E-state index contributed by atoms with van der Waals surface area (Å²) in [6, 6.07) is 124. The number of anilines is 6. The summed E-state index contributed by atoms with van der Waals surface area (Å²) in [6.45, 7) is 49.6. The van der Waals surface area contributed by atoms with Crippen molar-refractivity contribution in [1.82, 2.24) is 9.13 Å². The van der Waals surface area contributed by atoms with E-state index >= 15 is 0 Å².